The first kappa shape index (κ1) is 23.6. The molecule has 3 aromatic carbocycles. The summed E-state index contributed by atoms with van der Waals surface area (Å²) in [5.74, 6) is 1.09. The van der Waals surface area contributed by atoms with Gasteiger partial charge in [0.25, 0.3) is 5.91 Å². The van der Waals surface area contributed by atoms with Crippen LogP contribution >= 0.6 is 11.8 Å². The standard InChI is InChI=1S/C28H24N4O3S/c1-19-7-11-22(12-8-19)34-15-16-35-23-13-9-21(10-14-23)17-24-26(29)32-28(30-27(24)33)36-25(31-32)18-20-5-3-2-4-6-20/h2-14,17,29H,15-16,18H2,1H3. The maximum Gasteiger partial charge on any atom is 0.283 e. The maximum atomic E-state index is 12.7. The second kappa shape index (κ2) is 10.6. The van der Waals surface area contributed by atoms with Crippen LogP contribution in [0.4, 0.5) is 0 Å². The second-order valence-electron chi connectivity index (χ2n) is 8.26. The van der Waals surface area contributed by atoms with Crippen molar-refractivity contribution >= 4 is 39.8 Å². The van der Waals surface area contributed by atoms with E-state index in [2.05, 4.69) is 10.1 Å². The molecule has 2 heterocycles. The number of hydrogen-bond donors (Lipinski definition) is 1. The van der Waals surface area contributed by atoms with Crippen LogP contribution in [-0.4, -0.2) is 40.2 Å². The van der Waals surface area contributed by atoms with Gasteiger partial charge >= 0.3 is 0 Å². The number of hydrazone groups is 1. The van der Waals surface area contributed by atoms with Crippen LogP contribution in [0.1, 0.15) is 16.7 Å². The zero-order valence-corrected chi connectivity index (χ0v) is 20.5. The van der Waals surface area contributed by atoms with Gasteiger partial charge in [0.2, 0.25) is 5.17 Å². The van der Waals surface area contributed by atoms with Gasteiger partial charge in [0, 0.05) is 6.42 Å². The van der Waals surface area contributed by atoms with Crippen molar-refractivity contribution in [3.63, 3.8) is 0 Å². The number of benzene rings is 3. The summed E-state index contributed by atoms with van der Waals surface area (Å²) in [6.45, 7) is 2.87. The monoisotopic (exact) mass is 496 g/mol. The van der Waals surface area contributed by atoms with Crippen molar-refractivity contribution in [2.45, 2.75) is 13.3 Å². The van der Waals surface area contributed by atoms with Crippen LogP contribution in [0.3, 0.4) is 0 Å². The van der Waals surface area contributed by atoms with Crippen LogP contribution in [0.25, 0.3) is 6.08 Å². The van der Waals surface area contributed by atoms with E-state index in [9.17, 15) is 4.79 Å². The molecule has 8 heteroatoms. The highest BCUT2D eigenvalue weighted by Crippen LogP contribution is 2.29. The minimum Gasteiger partial charge on any atom is -0.490 e. The summed E-state index contributed by atoms with van der Waals surface area (Å²) in [5, 5.41) is 15.7. The number of carbonyl (C=O) groups excluding carboxylic acids is 1. The van der Waals surface area contributed by atoms with Crippen LogP contribution in [0.5, 0.6) is 11.5 Å². The quantitative estimate of drug-likeness (QED) is 0.337. The van der Waals surface area contributed by atoms with E-state index in [1.807, 2.05) is 85.8 Å². The summed E-state index contributed by atoms with van der Waals surface area (Å²) in [4.78, 5) is 16.8. The molecule has 0 aromatic heterocycles. The lowest BCUT2D eigenvalue weighted by Gasteiger charge is -2.20. The molecule has 0 saturated heterocycles. The number of hydrogen-bond acceptors (Lipinski definition) is 6. The first-order valence-corrected chi connectivity index (χ1v) is 12.3. The topological polar surface area (TPSA) is 87.3 Å². The average molecular weight is 497 g/mol. The van der Waals surface area contributed by atoms with Gasteiger partial charge in [-0.15, -0.1) is 0 Å². The minimum atomic E-state index is -0.441. The fourth-order valence-electron chi connectivity index (χ4n) is 3.65. The van der Waals surface area contributed by atoms with Gasteiger partial charge in [-0.3, -0.25) is 10.2 Å². The van der Waals surface area contributed by atoms with Crippen molar-refractivity contribution in [2.24, 2.45) is 10.1 Å². The number of amidine groups is 2. The second-order valence-corrected chi connectivity index (χ2v) is 9.30. The van der Waals surface area contributed by atoms with Gasteiger partial charge in [-0.05, 0) is 60.2 Å². The van der Waals surface area contributed by atoms with Crippen LogP contribution in [0.15, 0.2) is 94.5 Å². The van der Waals surface area contributed by atoms with Gasteiger partial charge in [-0.25, -0.2) is 0 Å². The zero-order valence-electron chi connectivity index (χ0n) is 19.7. The average Bonchev–Trinajstić information content (AvgIpc) is 3.29. The highest BCUT2D eigenvalue weighted by Gasteiger charge is 2.35. The van der Waals surface area contributed by atoms with Crippen molar-refractivity contribution in [1.29, 1.82) is 5.41 Å². The Balaban J connectivity index is 1.19. The fraction of sp³-hybridized carbons (Fsp3) is 0.143. The molecule has 36 heavy (non-hydrogen) atoms. The van der Waals surface area contributed by atoms with Crippen LogP contribution in [-0.2, 0) is 11.2 Å². The number of fused-ring (bicyclic) bond motifs is 1. The Morgan fingerprint density at radius 2 is 1.56 bits per heavy atom. The summed E-state index contributed by atoms with van der Waals surface area (Å²) in [5.41, 5.74) is 3.27. The van der Waals surface area contributed by atoms with E-state index in [4.69, 9.17) is 14.9 Å². The predicted molar refractivity (Wildman–Crippen MR) is 144 cm³/mol. The summed E-state index contributed by atoms with van der Waals surface area (Å²) in [6, 6.07) is 25.2. The van der Waals surface area contributed by atoms with Crippen molar-refractivity contribution < 1.29 is 14.3 Å². The lowest BCUT2D eigenvalue weighted by Crippen LogP contribution is -2.35. The normalized spacial score (nSPS) is 16.0. The predicted octanol–water partition coefficient (Wildman–Crippen LogP) is 5.31. The smallest absolute Gasteiger partial charge is 0.283 e. The lowest BCUT2D eigenvalue weighted by atomic mass is 10.1. The van der Waals surface area contributed by atoms with E-state index < -0.39 is 5.91 Å². The molecule has 0 spiro atoms. The number of carbonyl (C=O) groups is 1. The molecule has 0 fully saturated rings. The first-order valence-electron chi connectivity index (χ1n) is 11.5. The largest absolute Gasteiger partial charge is 0.490 e. The van der Waals surface area contributed by atoms with E-state index in [1.54, 1.807) is 6.08 Å². The molecular weight excluding hydrogens is 472 g/mol. The number of aliphatic imine (C=N–C) groups is 1. The Kier molecular flexibility index (Phi) is 6.95. The number of amides is 1. The highest BCUT2D eigenvalue weighted by molar-refractivity contribution is 8.26. The van der Waals surface area contributed by atoms with Crippen molar-refractivity contribution in [1.82, 2.24) is 5.01 Å². The third-order valence-corrected chi connectivity index (χ3v) is 6.44. The van der Waals surface area contributed by atoms with Crippen molar-refractivity contribution in [2.75, 3.05) is 13.2 Å². The molecule has 0 atom stereocenters. The van der Waals surface area contributed by atoms with Crippen molar-refractivity contribution in [3.8, 4) is 11.5 Å². The summed E-state index contributed by atoms with van der Waals surface area (Å²) in [7, 11) is 0. The van der Waals surface area contributed by atoms with E-state index >= 15 is 0 Å². The molecule has 0 aliphatic carbocycles. The van der Waals surface area contributed by atoms with Gasteiger partial charge < -0.3 is 9.47 Å². The molecule has 7 nitrogen and oxygen atoms in total. The van der Waals surface area contributed by atoms with E-state index in [-0.39, 0.29) is 11.4 Å². The van der Waals surface area contributed by atoms with E-state index in [0.717, 1.165) is 21.9 Å². The molecule has 1 amide bonds. The molecule has 5 rings (SSSR count). The Bertz CT molecular complexity index is 1360. The summed E-state index contributed by atoms with van der Waals surface area (Å²) in [6.07, 6.45) is 2.28. The Morgan fingerprint density at radius 3 is 2.22 bits per heavy atom. The third-order valence-electron chi connectivity index (χ3n) is 5.53. The van der Waals surface area contributed by atoms with Crippen molar-refractivity contribution in [3.05, 3.63) is 101 Å². The molecule has 3 aromatic rings. The summed E-state index contributed by atoms with van der Waals surface area (Å²) < 4.78 is 11.4. The minimum absolute atomic E-state index is 0.0224. The van der Waals surface area contributed by atoms with Crippen LogP contribution < -0.4 is 9.47 Å². The van der Waals surface area contributed by atoms with Gasteiger partial charge in [0.05, 0.1) is 5.57 Å². The first-order chi connectivity index (χ1) is 17.5. The molecule has 180 valence electrons. The molecule has 1 N–H and O–H groups in total. The summed E-state index contributed by atoms with van der Waals surface area (Å²) >= 11 is 1.33. The number of nitrogens with zero attached hydrogens (tertiary/aromatic N) is 3. The highest BCUT2D eigenvalue weighted by atomic mass is 32.2. The Labute approximate surface area is 213 Å². The van der Waals surface area contributed by atoms with E-state index in [1.165, 1.54) is 22.3 Å². The molecule has 0 saturated carbocycles. The SMILES string of the molecule is Cc1ccc(OCCOc2ccc(C=C3C(=N)N4N=C(Cc5ccccc5)SC4=NC3=O)cc2)cc1. The number of aryl methyl sites for hydroxylation is 1. The molecule has 2 aliphatic heterocycles. The van der Waals surface area contributed by atoms with Gasteiger partial charge in [0.1, 0.15) is 29.8 Å². The molecular formula is C28H24N4O3S. The fourth-order valence-corrected chi connectivity index (χ4v) is 4.57. The lowest BCUT2D eigenvalue weighted by molar-refractivity contribution is -0.114. The molecule has 0 radical (unpaired) electrons. The third kappa shape index (κ3) is 5.55. The van der Waals surface area contributed by atoms with Gasteiger partial charge in [0.15, 0.2) is 5.84 Å². The zero-order chi connectivity index (χ0) is 24.9. The van der Waals surface area contributed by atoms with Crippen LogP contribution in [0, 0.1) is 12.3 Å². The molecule has 0 unspecified atom stereocenters. The number of thioether (sulfide) groups is 1. The number of rotatable bonds is 8. The number of ether oxygens (including phenoxy) is 2. The molecule has 0 bridgehead atoms. The Hall–Kier alpha value is -4.17. The van der Waals surface area contributed by atoms with Gasteiger partial charge in [-0.1, -0.05) is 60.2 Å². The van der Waals surface area contributed by atoms with Gasteiger partial charge in [-0.2, -0.15) is 15.1 Å². The van der Waals surface area contributed by atoms with E-state index in [0.29, 0.717) is 30.6 Å². The Morgan fingerprint density at radius 1 is 0.917 bits per heavy atom. The molecule has 2 aliphatic rings. The van der Waals surface area contributed by atoms with Crippen LogP contribution in [0.2, 0.25) is 0 Å². The number of nitrogens with one attached hydrogen (secondary N) is 1. The maximum absolute atomic E-state index is 12.7.